The highest BCUT2D eigenvalue weighted by molar-refractivity contribution is 5.87. The third-order valence-electron chi connectivity index (χ3n) is 9.25. The molecular weight excluding hydrogens is 545 g/mol. The van der Waals surface area contributed by atoms with Gasteiger partial charge in [-0.15, -0.1) is 0 Å². The van der Waals surface area contributed by atoms with Crippen LogP contribution in [0.5, 0.6) is 0 Å². The summed E-state index contributed by atoms with van der Waals surface area (Å²) in [6, 6.07) is 38.1. The third-order valence-corrected chi connectivity index (χ3v) is 9.25. The molecule has 0 saturated heterocycles. The van der Waals surface area contributed by atoms with Crippen molar-refractivity contribution in [3.8, 4) is 0 Å². The molecule has 4 nitrogen and oxygen atoms in total. The summed E-state index contributed by atoms with van der Waals surface area (Å²) < 4.78 is 14.9. The molecule has 0 bridgehead atoms. The zero-order valence-electron chi connectivity index (χ0n) is 24.9. The lowest BCUT2D eigenvalue weighted by atomic mass is 9.85. The minimum Gasteiger partial charge on any atom is -0.361 e. The lowest BCUT2D eigenvalue weighted by Gasteiger charge is -2.42. The molecule has 6 aromatic rings. The summed E-state index contributed by atoms with van der Waals surface area (Å²) in [6.07, 6.45) is 3.57. The standard InChI is InChI=1S/C39H36FN3O/c1-27(43-24-22-29-12-3-6-17-34(29)38(43)35-18-10-14-28-11-2-5-15-32(28)35)39(44)42(26-31-13-4-8-19-36(31)40)23-21-30-25-41-37-20-9-7-16-33(30)37/h2-20,25,27,38,41H,21-24,26H2,1H3. The Morgan fingerprint density at radius 2 is 1.55 bits per heavy atom. The number of H-pyrrole nitrogens is 1. The Balaban J connectivity index is 1.24. The van der Waals surface area contributed by atoms with Gasteiger partial charge in [-0.2, -0.15) is 0 Å². The Hall–Kier alpha value is -4.74. The molecule has 1 aromatic heterocycles. The van der Waals surface area contributed by atoms with E-state index in [1.165, 1.54) is 33.5 Å². The third kappa shape index (κ3) is 5.29. The first kappa shape index (κ1) is 28.1. The van der Waals surface area contributed by atoms with Crippen LogP contribution in [0.2, 0.25) is 0 Å². The maximum atomic E-state index is 14.9. The molecule has 1 aliphatic heterocycles. The molecular formula is C39H36FN3O. The second-order valence-corrected chi connectivity index (χ2v) is 11.8. The number of para-hydroxylation sites is 1. The van der Waals surface area contributed by atoms with Crippen molar-refractivity contribution in [3.63, 3.8) is 0 Å². The van der Waals surface area contributed by atoms with Gasteiger partial charge in [-0.1, -0.05) is 103 Å². The normalized spacial score (nSPS) is 15.7. The topological polar surface area (TPSA) is 39.3 Å². The molecule has 2 unspecified atom stereocenters. The number of fused-ring (bicyclic) bond motifs is 3. The quantitative estimate of drug-likeness (QED) is 0.197. The molecule has 2 heterocycles. The van der Waals surface area contributed by atoms with E-state index in [9.17, 15) is 9.18 Å². The molecule has 0 radical (unpaired) electrons. The van der Waals surface area contributed by atoms with Crippen LogP contribution in [-0.4, -0.2) is 39.8 Å². The SMILES string of the molecule is CC(C(=O)N(CCc1c[nH]c2ccccc12)Cc1ccccc1F)N1CCc2ccccc2C1c1cccc2ccccc12. The van der Waals surface area contributed by atoms with Gasteiger partial charge in [0.2, 0.25) is 5.91 Å². The zero-order valence-corrected chi connectivity index (χ0v) is 24.9. The van der Waals surface area contributed by atoms with Crippen LogP contribution in [0.1, 0.15) is 40.8 Å². The molecule has 0 saturated carbocycles. The first-order valence-electron chi connectivity index (χ1n) is 15.5. The lowest BCUT2D eigenvalue weighted by molar-refractivity contribution is -0.138. The number of carbonyl (C=O) groups is 1. The number of nitrogens with one attached hydrogen (secondary N) is 1. The van der Waals surface area contributed by atoms with Gasteiger partial charge < -0.3 is 9.88 Å². The van der Waals surface area contributed by atoms with E-state index in [1.54, 1.807) is 12.1 Å². The molecule has 1 N–H and O–H groups in total. The van der Waals surface area contributed by atoms with Crippen molar-refractivity contribution < 1.29 is 9.18 Å². The number of amides is 1. The lowest BCUT2D eigenvalue weighted by Crippen LogP contribution is -2.51. The Labute approximate surface area is 257 Å². The van der Waals surface area contributed by atoms with Crippen molar-refractivity contribution in [3.05, 3.63) is 155 Å². The van der Waals surface area contributed by atoms with E-state index in [1.807, 2.05) is 36.2 Å². The Morgan fingerprint density at radius 3 is 2.43 bits per heavy atom. The van der Waals surface area contributed by atoms with Gasteiger partial charge in [-0.05, 0) is 64.9 Å². The molecule has 5 aromatic carbocycles. The first-order chi connectivity index (χ1) is 21.6. The van der Waals surface area contributed by atoms with Crippen LogP contribution in [0, 0.1) is 5.82 Å². The van der Waals surface area contributed by atoms with Gasteiger partial charge in [0.15, 0.2) is 0 Å². The molecule has 2 atom stereocenters. The van der Waals surface area contributed by atoms with Gasteiger partial charge in [0.05, 0.1) is 12.1 Å². The fraction of sp³-hybridized carbons (Fsp3) is 0.205. The number of hydrogen-bond acceptors (Lipinski definition) is 2. The van der Waals surface area contributed by atoms with Gasteiger partial charge in [0.25, 0.3) is 0 Å². The number of rotatable bonds is 8. The van der Waals surface area contributed by atoms with Gasteiger partial charge in [0, 0.05) is 42.3 Å². The van der Waals surface area contributed by atoms with Crippen LogP contribution < -0.4 is 0 Å². The molecule has 5 heteroatoms. The highest BCUT2D eigenvalue weighted by Gasteiger charge is 2.36. The number of nitrogens with zero attached hydrogens (tertiary/aromatic N) is 2. The van der Waals surface area contributed by atoms with Crippen molar-refractivity contribution in [1.82, 2.24) is 14.8 Å². The number of halogens is 1. The maximum absolute atomic E-state index is 14.9. The molecule has 44 heavy (non-hydrogen) atoms. The van der Waals surface area contributed by atoms with Crippen LogP contribution in [0.15, 0.2) is 121 Å². The van der Waals surface area contributed by atoms with E-state index in [0.717, 1.165) is 29.4 Å². The van der Waals surface area contributed by atoms with E-state index in [4.69, 9.17) is 0 Å². The van der Waals surface area contributed by atoms with Crippen LogP contribution in [0.3, 0.4) is 0 Å². The smallest absolute Gasteiger partial charge is 0.239 e. The van der Waals surface area contributed by atoms with Crippen molar-refractivity contribution in [2.24, 2.45) is 0 Å². The second-order valence-electron chi connectivity index (χ2n) is 11.8. The van der Waals surface area contributed by atoms with E-state index in [2.05, 4.69) is 88.7 Å². The molecule has 0 fully saturated rings. The number of aromatic nitrogens is 1. The largest absolute Gasteiger partial charge is 0.361 e. The average Bonchev–Trinajstić information content (AvgIpc) is 3.49. The monoisotopic (exact) mass is 581 g/mol. The van der Waals surface area contributed by atoms with Crippen LogP contribution in [0.25, 0.3) is 21.7 Å². The van der Waals surface area contributed by atoms with E-state index >= 15 is 0 Å². The Kier molecular flexibility index (Phi) is 7.71. The summed E-state index contributed by atoms with van der Waals surface area (Å²) >= 11 is 0. The first-order valence-corrected chi connectivity index (χ1v) is 15.5. The average molecular weight is 582 g/mol. The second kappa shape index (κ2) is 12.1. The molecule has 0 aliphatic carbocycles. The van der Waals surface area contributed by atoms with Gasteiger partial charge in [-0.3, -0.25) is 9.69 Å². The van der Waals surface area contributed by atoms with Crippen molar-refractivity contribution in [2.75, 3.05) is 13.1 Å². The number of carbonyl (C=O) groups excluding carboxylic acids is 1. The Bertz CT molecular complexity index is 1940. The minimum absolute atomic E-state index is 0.0118. The predicted octanol–water partition coefficient (Wildman–Crippen LogP) is 8.07. The maximum Gasteiger partial charge on any atom is 0.239 e. The summed E-state index contributed by atoms with van der Waals surface area (Å²) in [5.41, 5.74) is 6.53. The molecule has 0 spiro atoms. The predicted molar refractivity (Wildman–Crippen MR) is 176 cm³/mol. The summed E-state index contributed by atoms with van der Waals surface area (Å²) in [7, 11) is 0. The summed E-state index contributed by atoms with van der Waals surface area (Å²) in [5, 5.41) is 3.54. The highest BCUT2D eigenvalue weighted by atomic mass is 19.1. The van der Waals surface area contributed by atoms with Gasteiger partial charge in [0.1, 0.15) is 5.82 Å². The van der Waals surface area contributed by atoms with Crippen molar-refractivity contribution in [1.29, 1.82) is 0 Å². The van der Waals surface area contributed by atoms with E-state index in [-0.39, 0.29) is 24.3 Å². The summed E-state index contributed by atoms with van der Waals surface area (Å²) in [4.78, 5) is 22.1. The fourth-order valence-electron chi connectivity index (χ4n) is 6.94. The number of aromatic amines is 1. The summed E-state index contributed by atoms with van der Waals surface area (Å²) in [6.45, 7) is 3.49. The number of hydrogen-bond donors (Lipinski definition) is 1. The molecule has 220 valence electrons. The molecule has 1 amide bonds. The number of benzene rings is 5. The summed E-state index contributed by atoms with van der Waals surface area (Å²) in [5.74, 6) is -0.275. The molecule has 1 aliphatic rings. The zero-order chi connectivity index (χ0) is 30.0. The van der Waals surface area contributed by atoms with Crippen LogP contribution >= 0.6 is 0 Å². The van der Waals surface area contributed by atoms with Gasteiger partial charge >= 0.3 is 0 Å². The van der Waals surface area contributed by atoms with E-state index in [0.29, 0.717) is 18.5 Å². The Morgan fingerprint density at radius 1 is 0.841 bits per heavy atom. The van der Waals surface area contributed by atoms with E-state index < -0.39 is 6.04 Å². The van der Waals surface area contributed by atoms with Crippen molar-refractivity contribution >= 4 is 27.6 Å². The highest BCUT2D eigenvalue weighted by Crippen LogP contribution is 2.39. The van der Waals surface area contributed by atoms with Crippen LogP contribution in [0.4, 0.5) is 4.39 Å². The van der Waals surface area contributed by atoms with Crippen LogP contribution in [-0.2, 0) is 24.2 Å². The van der Waals surface area contributed by atoms with Crippen molar-refractivity contribution in [2.45, 2.75) is 38.4 Å². The minimum atomic E-state index is -0.415. The fourth-order valence-corrected chi connectivity index (χ4v) is 6.94. The van der Waals surface area contributed by atoms with Gasteiger partial charge in [-0.25, -0.2) is 4.39 Å². The molecule has 7 rings (SSSR count).